The van der Waals surface area contributed by atoms with Crippen LogP contribution in [0, 0.1) is 0 Å². The van der Waals surface area contributed by atoms with E-state index in [-0.39, 0.29) is 11.7 Å². The molecular weight excluding hydrogens is 357 g/mol. The van der Waals surface area contributed by atoms with Crippen LogP contribution in [-0.2, 0) is 22.1 Å². The Labute approximate surface area is 145 Å². The third-order valence-corrected chi connectivity index (χ3v) is 4.68. The van der Waals surface area contributed by atoms with Crippen LogP contribution in [-0.4, -0.2) is 20.6 Å². The zero-order valence-corrected chi connectivity index (χ0v) is 14.7. The Kier molecular flexibility index (Phi) is 5.68. The van der Waals surface area contributed by atoms with Gasteiger partial charge in [0.15, 0.2) is 9.84 Å². The highest BCUT2D eigenvalue weighted by Gasteiger charge is 2.08. The molecule has 0 saturated carbocycles. The molecule has 0 aliphatic rings. The van der Waals surface area contributed by atoms with E-state index in [0.717, 1.165) is 5.56 Å². The number of carbonyl (C=O) groups excluding carboxylic acids is 1. The zero-order valence-electron chi connectivity index (χ0n) is 12.3. The predicted octanol–water partition coefficient (Wildman–Crippen LogP) is 3.47. The van der Waals surface area contributed by atoms with Crippen LogP contribution < -0.4 is 5.32 Å². The molecule has 7 heteroatoms. The number of halogens is 2. The Hall–Kier alpha value is -1.56. The third-order valence-electron chi connectivity index (χ3n) is 3.09. The van der Waals surface area contributed by atoms with Crippen LogP contribution in [0.15, 0.2) is 42.5 Å². The van der Waals surface area contributed by atoms with Crippen molar-refractivity contribution in [3.05, 3.63) is 69.2 Å². The molecule has 0 unspecified atom stereocenters. The van der Waals surface area contributed by atoms with Gasteiger partial charge in [0, 0.05) is 18.4 Å². The lowest BCUT2D eigenvalue weighted by atomic mass is 10.1. The SMILES string of the molecule is CS(=O)(=O)Cc1ccc(CNC(=O)c2ccc(Cl)c(Cl)c2)cc1. The molecule has 0 bridgehead atoms. The average Bonchev–Trinajstić information content (AvgIpc) is 2.47. The molecule has 0 spiro atoms. The van der Waals surface area contributed by atoms with Gasteiger partial charge in [0.05, 0.1) is 15.8 Å². The molecule has 0 aliphatic heterocycles. The van der Waals surface area contributed by atoms with E-state index in [1.54, 1.807) is 36.4 Å². The quantitative estimate of drug-likeness (QED) is 0.874. The minimum Gasteiger partial charge on any atom is -0.348 e. The van der Waals surface area contributed by atoms with Gasteiger partial charge in [-0.3, -0.25) is 4.79 Å². The van der Waals surface area contributed by atoms with Gasteiger partial charge < -0.3 is 5.32 Å². The van der Waals surface area contributed by atoms with E-state index in [4.69, 9.17) is 23.2 Å². The summed E-state index contributed by atoms with van der Waals surface area (Å²) < 4.78 is 22.5. The number of hydrogen-bond acceptors (Lipinski definition) is 3. The lowest BCUT2D eigenvalue weighted by molar-refractivity contribution is 0.0951. The number of amides is 1. The summed E-state index contributed by atoms with van der Waals surface area (Å²) in [6.45, 7) is 0.332. The van der Waals surface area contributed by atoms with E-state index >= 15 is 0 Å². The number of nitrogens with one attached hydrogen (secondary N) is 1. The molecule has 1 N–H and O–H groups in total. The van der Waals surface area contributed by atoms with Gasteiger partial charge in [-0.1, -0.05) is 47.5 Å². The molecule has 0 saturated heterocycles. The molecule has 23 heavy (non-hydrogen) atoms. The summed E-state index contributed by atoms with van der Waals surface area (Å²) in [6, 6.07) is 11.7. The molecule has 122 valence electrons. The van der Waals surface area contributed by atoms with Crippen molar-refractivity contribution in [2.45, 2.75) is 12.3 Å². The maximum atomic E-state index is 12.0. The molecule has 0 aliphatic carbocycles. The molecule has 2 aromatic rings. The maximum Gasteiger partial charge on any atom is 0.251 e. The van der Waals surface area contributed by atoms with Gasteiger partial charge in [-0.2, -0.15) is 0 Å². The fraction of sp³-hybridized carbons (Fsp3) is 0.188. The zero-order chi connectivity index (χ0) is 17.0. The van der Waals surface area contributed by atoms with Gasteiger partial charge in [0.25, 0.3) is 5.91 Å². The topological polar surface area (TPSA) is 63.2 Å². The van der Waals surface area contributed by atoms with Crippen LogP contribution in [0.4, 0.5) is 0 Å². The molecule has 0 radical (unpaired) electrons. The lowest BCUT2D eigenvalue weighted by Gasteiger charge is -2.07. The van der Waals surface area contributed by atoms with Crippen LogP contribution in [0.5, 0.6) is 0 Å². The first-order valence-electron chi connectivity index (χ1n) is 6.73. The van der Waals surface area contributed by atoms with E-state index in [2.05, 4.69) is 5.32 Å². The second kappa shape index (κ2) is 7.34. The van der Waals surface area contributed by atoms with E-state index < -0.39 is 9.84 Å². The Morgan fingerprint density at radius 1 is 1.00 bits per heavy atom. The maximum absolute atomic E-state index is 12.0. The average molecular weight is 372 g/mol. The highest BCUT2D eigenvalue weighted by atomic mass is 35.5. The fourth-order valence-electron chi connectivity index (χ4n) is 1.98. The summed E-state index contributed by atoms with van der Waals surface area (Å²) in [7, 11) is -3.05. The first kappa shape index (κ1) is 17.8. The van der Waals surface area contributed by atoms with Crippen molar-refractivity contribution in [3.63, 3.8) is 0 Å². The van der Waals surface area contributed by atoms with Crippen molar-refractivity contribution in [1.82, 2.24) is 5.32 Å². The molecule has 1 amide bonds. The molecule has 2 aromatic carbocycles. The van der Waals surface area contributed by atoms with Crippen molar-refractivity contribution in [1.29, 1.82) is 0 Å². The summed E-state index contributed by atoms with van der Waals surface area (Å²) in [5.74, 6) is -0.257. The summed E-state index contributed by atoms with van der Waals surface area (Å²) in [4.78, 5) is 12.0. The van der Waals surface area contributed by atoms with Crippen LogP contribution in [0.25, 0.3) is 0 Å². The number of rotatable bonds is 5. The molecule has 0 heterocycles. The van der Waals surface area contributed by atoms with Crippen LogP contribution in [0.3, 0.4) is 0 Å². The Morgan fingerprint density at radius 2 is 1.61 bits per heavy atom. The van der Waals surface area contributed by atoms with Crippen LogP contribution >= 0.6 is 23.2 Å². The standard InChI is InChI=1S/C16H15Cl2NO3S/c1-23(21,22)10-12-4-2-11(3-5-12)9-19-16(20)13-6-7-14(17)15(18)8-13/h2-8H,9-10H2,1H3,(H,19,20). The summed E-state index contributed by atoms with van der Waals surface area (Å²) >= 11 is 11.7. The molecular formula is C16H15Cl2NO3S. The van der Waals surface area contributed by atoms with Gasteiger partial charge in [0.1, 0.15) is 0 Å². The smallest absolute Gasteiger partial charge is 0.251 e. The third kappa shape index (κ3) is 5.53. The lowest BCUT2D eigenvalue weighted by Crippen LogP contribution is -2.22. The van der Waals surface area contributed by atoms with Gasteiger partial charge in [0.2, 0.25) is 0 Å². The second-order valence-corrected chi connectivity index (χ2v) is 8.15. The highest BCUT2D eigenvalue weighted by molar-refractivity contribution is 7.89. The number of sulfone groups is 1. The largest absolute Gasteiger partial charge is 0.348 e. The van der Waals surface area contributed by atoms with Crippen LogP contribution in [0.1, 0.15) is 21.5 Å². The van der Waals surface area contributed by atoms with E-state index in [1.165, 1.54) is 12.3 Å². The molecule has 0 aromatic heterocycles. The monoisotopic (exact) mass is 371 g/mol. The van der Waals surface area contributed by atoms with Crippen molar-refractivity contribution >= 4 is 38.9 Å². The number of carbonyl (C=O) groups is 1. The highest BCUT2D eigenvalue weighted by Crippen LogP contribution is 2.22. The summed E-state index contributed by atoms with van der Waals surface area (Å²) in [5.41, 5.74) is 2.01. The van der Waals surface area contributed by atoms with E-state index in [9.17, 15) is 13.2 Å². The summed E-state index contributed by atoms with van der Waals surface area (Å²) in [6.07, 6.45) is 1.19. The molecule has 0 fully saturated rings. The number of hydrogen-bond donors (Lipinski definition) is 1. The first-order chi connectivity index (χ1) is 10.7. The minimum absolute atomic E-state index is 0.00289. The van der Waals surface area contributed by atoms with Gasteiger partial charge in [-0.25, -0.2) is 8.42 Å². The molecule has 2 rings (SSSR count). The molecule has 0 atom stereocenters. The second-order valence-electron chi connectivity index (χ2n) is 5.20. The first-order valence-corrected chi connectivity index (χ1v) is 9.55. The minimum atomic E-state index is -3.05. The van der Waals surface area contributed by atoms with Gasteiger partial charge >= 0.3 is 0 Å². The van der Waals surface area contributed by atoms with Gasteiger partial charge in [-0.15, -0.1) is 0 Å². The normalized spacial score (nSPS) is 11.3. The molecule has 4 nitrogen and oxygen atoms in total. The van der Waals surface area contributed by atoms with Crippen molar-refractivity contribution in [2.24, 2.45) is 0 Å². The predicted molar refractivity (Wildman–Crippen MR) is 92.6 cm³/mol. The van der Waals surface area contributed by atoms with Crippen LogP contribution in [0.2, 0.25) is 10.0 Å². The van der Waals surface area contributed by atoms with Crippen molar-refractivity contribution < 1.29 is 13.2 Å². The summed E-state index contributed by atoms with van der Waals surface area (Å²) in [5, 5.41) is 3.49. The van der Waals surface area contributed by atoms with E-state index in [1.807, 2.05) is 0 Å². The van der Waals surface area contributed by atoms with E-state index in [0.29, 0.717) is 27.7 Å². The van der Waals surface area contributed by atoms with Crippen molar-refractivity contribution in [2.75, 3.05) is 6.26 Å². The van der Waals surface area contributed by atoms with Gasteiger partial charge in [-0.05, 0) is 29.3 Å². The Morgan fingerprint density at radius 3 is 2.17 bits per heavy atom. The number of benzene rings is 2. The van der Waals surface area contributed by atoms with Crippen molar-refractivity contribution in [3.8, 4) is 0 Å². The Bertz CT molecular complexity index is 818. The Balaban J connectivity index is 1.97. The fourth-order valence-corrected chi connectivity index (χ4v) is 3.07.